The molecular weight excluding hydrogens is 433 g/mol. The third-order valence-corrected chi connectivity index (χ3v) is 5.39. The van der Waals surface area contributed by atoms with Crippen LogP contribution in [-0.4, -0.2) is 13.4 Å². The van der Waals surface area contributed by atoms with Crippen LogP contribution in [0.4, 0.5) is 11.4 Å². The summed E-state index contributed by atoms with van der Waals surface area (Å²) in [6.07, 6.45) is 1.32. The van der Waals surface area contributed by atoms with Crippen LogP contribution in [0.3, 0.4) is 0 Å². The van der Waals surface area contributed by atoms with Gasteiger partial charge in [-0.3, -0.25) is 4.72 Å². The Hall–Kier alpha value is -0.830. The number of benzene rings is 1. The zero-order valence-corrected chi connectivity index (χ0v) is 14.5. The molecule has 106 valence electrons. The maximum absolute atomic E-state index is 12.2. The van der Waals surface area contributed by atoms with E-state index in [1.54, 1.807) is 6.07 Å². The molecule has 5 nitrogen and oxygen atoms in total. The number of sulfonamides is 1. The van der Waals surface area contributed by atoms with E-state index in [4.69, 9.17) is 17.3 Å². The predicted octanol–water partition coefficient (Wildman–Crippen LogP) is 3.64. The number of nitrogens with two attached hydrogens (primary N) is 1. The van der Waals surface area contributed by atoms with E-state index < -0.39 is 10.0 Å². The average molecular weight is 442 g/mol. The molecule has 0 fully saturated rings. The summed E-state index contributed by atoms with van der Waals surface area (Å²) in [5.74, 6) is 0. The van der Waals surface area contributed by atoms with E-state index >= 15 is 0 Å². The highest BCUT2D eigenvalue weighted by Crippen LogP contribution is 2.27. The van der Waals surface area contributed by atoms with Crippen molar-refractivity contribution in [1.82, 2.24) is 4.98 Å². The summed E-state index contributed by atoms with van der Waals surface area (Å²) in [7, 11) is -3.79. The lowest BCUT2D eigenvalue weighted by molar-refractivity contribution is 0.601. The Morgan fingerprint density at radius 3 is 2.55 bits per heavy atom. The van der Waals surface area contributed by atoms with Crippen LogP contribution in [-0.2, 0) is 10.0 Å². The molecule has 0 aliphatic heterocycles. The van der Waals surface area contributed by atoms with Gasteiger partial charge in [0.1, 0.15) is 10.0 Å². The molecule has 0 radical (unpaired) electrons. The lowest BCUT2D eigenvalue weighted by Gasteiger charge is -2.10. The highest BCUT2D eigenvalue weighted by atomic mass is 79.9. The number of nitrogen functional groups attached to an aromatic ring is 1. The summed E-state index contributed by atoms with van der Waals surface area (Å²) >= 11 is 12.1. The van der Waals surface area contributed by atoms with Gasteiger partial charge in [-0.15, -0.1) is 0 Å². The Bertz CT molecular complexity index is 768. The number of rotatable bonds is 3. The van der Waals surface area contributed by atoms with Crippen LogP contribution in [0.5, 0.6) is 0 Å². The first-order valence-corrected chi connectivity index (χ1v) is 8.63. The Balaban J connectivity index is 2.38. The summed E-state index contributed by atoms with van der Waals surface area (Å²) in [4.78, 5) is 3.84. The second-order valence-electron chi connectivity index (χ2n) is 3.78. The van der Waals surface area contributed by atoms with Crippen molar-refractivity contribution in [1.29, 1.82) is 0 Å². The molecule has 9 heteroatoms. The lowest BCUT2D eigenvalue weighted by Crippen LogP contribution is -2.15. The van der Waals surface area contributed by atoms with Gasteiger partial charge in [0.2, 0.25) is 0 Å². The molecule has 0 aliphatic rings. The maximum atomic E-state index is 12.2. The van der Waals surface area contributed by atoms with Crippen LogP contribution < -0.4 is 10.5 Å². The quantitative estimate of drug-likeness (QED) is 0.563. The molecule has 0 atom stereocenters. The first kappa shape index (κ1) is 15.6. The van der Waals surface area contributed by atoms with Gasteiger partial charge in [0, 0.05) is 4.47 Å². The molecule has 0 bridgehead atoms. The monoisotopic (exact) mass is 439 g/mol. The molecule has 0 unspecified atom stereocenters. The van der Waals surface area contributed by atoms with E-state index in [0.717, 1.165) is 0 Å². The smallest absolute Gasteiger partial charge is 0.263 e. The first-order chi connectivity index (χ1) is 9.29. The summed E-state index contributed by atoms with van der Waals surface area (Å²) in [6, 6.07) is 6.05. The topological polar surface area (TPSA) is 85.1 Å². The second kappa shape index (κ2) is 5.88. The minimum Gasteiger partial charge on any atom is -0.398 e. The molecule has 1 heterocycles. The minimum atomic E-state index is -3.79. The SMILES string of the molecule is Nc1cc(Br)ccc1S(=O)(=O)Nc1cnc(Cl)c(Br)c1. The van der Waals surface area contributed by atoms with Crippen molar-refractivity contribution in [3.8, 4) is 0 Å². The van der Waals surface area contributed by atoms with Gasteiger partial charge in [-0.05, 0) is 40.2 Å². The number of halogens is 3. The van der Waals surface area contributed by atoms with Crippen molar-refractivity contribution in [2.45, 2.75) is 4.90 Å². The molecular formula is C11H8Br2ClN3O2S. The summed E-state index contributed by atoms with van der Waals surface area (Å²) in [5, 5.41) is 0.246. The van der Waals surface area contributed by atoms with Crippen molar-refractivity contribution in [2.75, 3.05) is 10.5 Å². The first-order valence-electron chi connectivity index (χ1n) is 5.18. The average Bonchev–Trinajstić information content (AvgIpc) is 2.33. The zero-order chi connectivity index (χ0) is 14.9. The Morgan fingerprint density at radius 2 is 1.95 bits per heavy atom. The predicted molar refractivity (Wildman–Crippen MR) is 86.3 cm³/mol. The Kier molecular flexibility index (Phi) is 4.58. The van der Waals surface area contributed by atoms with Gasteiger partial charge in [0.15, 0.2) is 0 Å². The van der Waals surface area contributed by atoms with E-state index in [2.05, 4.69) is 41.6 Å². The van der Waals surface area contributed by atoms with E-state index in [0.29, 0.717) is 8.95 Å². The third-order valence-electron chi connectivity index (χ3n) is 2.31. The fourth-order valence-corrected chi connectivity index (χ4v) is 3.43. The van der Waals surface area contributed by atoms with Crippen molar-refractivity contribution in [3.05, 3.63) is 44.6 Å². The van der Waals surface area contributed by atoms with Crippen LogP contribution in [0.15, 0.2) is 44.3 Å². The van der Waals surface area contributed by atoms with Gasteiger partial charge in [0.25, 0.3) is 10.0 Å². The highest BCUT2D eigenvalue weighted by Gasteiger charge is 2.18. The van der Waals surface area contributed by atoms with Crippen molar-refractivity contribution in [3.63, 3.8) is 0 Å². The largest absolute Gasteiger partial charge is 0.398 e. The second-order valence-corrected chi connectivity index (χ2v) is 7.56. The molecule has 3 N–H and O–H groups in total. The normalized spacial score (nSPS) is 11.3. The molecule has 0 aliphatic carbocycles. The number of pyridine rings is 1. The Labute approximate surface area is 137 Å². The fraction of sp³-hybridized carbons (Fsp3) is 0. The van der Waals surface area contributed by atoms with Crippen LogP contribution in [0.1, 0.15) is 0 Å². The molecule has 0 saturated heterocycles. The van der Waals surface area contributed by atoms with Crippen molar-refractivity contribution >= 4 is 64.9 Å². The molecule has 0 saturated carbocycles. The number of nitrogens with one attached hydrogen (secondary N) is 1. The summed E-state index contributed by atoms with van der Waals surface area (Å²) in [6.45, 7) is 0. The van der Waals surface area contributed by atoms with E-state index in [9.17, 15) is 8.42 Å². The Morgan fingerprint density at radius 1 is 1.25 bits per heavy atom. The standard InChI is InChI=1S/C11H8Br2ClN3O2S/c12-6-1-2-10(9(15)3-6)20(18,19)17-7-4-8(13)11(14)16-5-7/h1-5,17H,15H2. The molecule has 0 amide bonds. The van der Waals surface area contributed by atoms with Crippen LogP contribution in [0.2, 0.25) is 5.15 Å². The molecule has 2 rings (SSSR count). The lowest BCUT2D eigenvalue weighted by atomic mass is 10.3. The van der Waals surface area contributed by atoms with Crippen LogP contribution in [0.25, 0.3) is 0 Å². The number of aromatic nitrogens is 1. The number of hydrogen-bond acceptors (Lipinski definition) is 4. The van der Waals surface area contributed by atoms with Crippen LogP contribution >= 0.6 is 43.5 Å². The summed E-state index contributed by atoms with van der Waals surface area (Å²) < 4.78 is 28.1. The van der Waals surface area contributed by atoms with Gasteiger partial charge in [0.05, 0.1) is 22.0 Å². The number of anilines is 2. The van der Waals surface area contributed by atoms with Crippen molar-refractivity contribution in [2.24, 2.45) is 0 Å². The molecule has 1 aromatic heterocycles. The highest BCUT2D eigenvalue weighted by molar-refractivity contribution is 9.10. The molecule has 1 aromatic carbocycles. The fourth-order valence-electron chi connectivity index (χ4n) is 1.45. The van der Waals surface area contributed by atoms with Gasteiger partial charge in [-0.2, -0.15) is 0 Å². The zero-order valence-electron chi connectivity index (χ0n) is 9.77. The number of nitrogens with zero attached hydrogens (tertiary/aromatic N) is 1. The van der Waals surface area contributed by atoms with E-state index in [-0.39, 0.29) is 21.4 Å². The van der Waals surface area contributed by atoms with E-state index in [1.165, 1.54) is 24.4 Å². The van der Waals surface area contributed by atoms with Gasteiger partial charge >= 0.3 is 0 Å². The van der Waals surface area contributed by atoms with Crippen LogP contribution in [0, 0.1) is 0 Å². The molecule has 0 spiro atoms. The molecule has 2 aromatic rings. The third kappa shape index (κ3) is 3.43. The summed E-state index contributed by atoms with van der Waals surface area (Å²) in [5.41, 5.74) is 6.15. The minimum absolute atomic E-state index is 0.00762. The van der Waals surface area contributed by atoms with Gasteiger partial charge < -0.3 is 5.73 Å². The van der Waals surface area contributed by atoms with Gasteiger partial charge in [-0.25, -0.2) is 13.4 Å². The molecule has 20 heavy (non-hydrogen) atoms. The number of hydrogen-bond donors (Lipinski definition) is 2. The van der Waals surface area contributed by atoms with Crippen molar-refractivity contribution < 1.29 is 8.42 Å². The maximum Gasteiger partial charge on any atom is 0.263 e. The van der Waals surface area contributed by atoms with Gasteiger partial charge in [-0.1, -0.05) is 27.5 Å². The van der Waals surface area contributed by atoms with E-state index in [1.807, 2.05) is 0 Å².